The Hall–Kier alpha value is -1.09. The second-order valence-corrected chi connectivity index (χ2v) is 3.40. The number of hydrogen-bond donors (Lipinski definition) is 1. The summed E-state index contributed by atoms with van der Waals surface area (Å²) in [6.07, 6.45) is 5.97. The van der Waals surface area contributed by atoms with Crippen LogP contribution in [0.2, 0.25) is 0 Å². The zero-order valence-corrected chi connectivity index (χ0v) is 8.87. The molecule has 0 aliphatic carbocycles. The van der Waals surface area contributed by atoms with Crippen LogP contribution in [0.25, 0.3) is 0 Å². The van der Waals surface area contributed by atoms with Gasteiger partial charge in [-0.15, -0.1) is 0 Å². The Morgan fingerprint density at radius 2 is 2.43 bits per heavy atom. The zero-order chi connectivity index (χ0) is 10.2. The fourth-order valence-corrected chi connectivity index (χ4v) is 1.19. The molecule has 1 rings (SSSR count). The highest BCUT2D eigenvalue weighted by molar-refractivity contribution is 4.94. The van der Waals surface area contributed by atoms with Crippen molar-refractivity contribution in [3.8, 4) is 0 Å². The molecule has 0 amide bonds. The molecule has 0 aliphatic rings. The lowest BCUT2D eigenvalue weighted by Crippen LogP contribution is -2.19. The van der Waals surface area contributed by atoms with E-state index in [4.69, 9.17) is 0 Å². The van der Waals surface area contributed by atoms with Gasteiger partial charge in [-0.3, -0.25) is 4.68 Å². The highest BCUT2D eigenvalue weighted by atomic mass is 15.3. The molecule has 0 aromatic carbocycles. The lowest BCUT2D eigenvalue weighted by atomic mass is 10.2. The molecule has 0 spiro atoms. The molecule has 3 heteroatoms. The molecule has 1 aromatic heterocycles. The molecule has 0 bridgehead atoms. The van der Waals surface area contributed by atoms with Gasteiger partial charge in [-0.05, 0) is 25.5 Å². The maximum atomic E-state index is 4.14. The summed E-state index contributed by atoms with van der Waals surface area (Å²) in [5.41, 5.74) is 1.27. The van der Waals surface area contributed by atoms with Crippen molar-refractivity contribution < 1.29 is 0 Å². The Morgan fingerprint density at radius 3 is 3.07 bits per heavy atom. The Bertz CT molecular complexity index is 252. The fourth-order valence-electron chi connectivity index (χ4n) is 1.19. The predicted molar refractivity (Wildman–Crippen MR) is 59.1 cm³/mol. The van der Waals surface area contributed by atoms with E-state index >= 15 is 0 Å². The van der Waals surface area contributed by atoms with E-state index in [1.807, 2.05) is 23.1 Å². The van der Waals surface area contributed by atoms with Gasteiger partial charge in [0.05, 0.1) is 0 Å². The number of nitrogens with one attached hydrogen (secondary N) is 1. The third-order valence-electron chi connectivity index (χ3n) is 2.17. The Kier molecular flexibility index (Phi) is 5.00. The lowest BCUT2D eigenvalue weighted by molar-refractivity contribution is 0.551. The standard InChI is InChI=1S/C11H19N3/c1-3-11(2)10-12-6-4-8-14-9-5-7-13-14/h5,7,9,12H,2-4,6,8,10H2,1H3. The largest absolute Gasteiger partial charge is 0.313 e. The van der Waals surface area contributed by atoms with Gasteiger partial charge in [0.25, 0.3) is 0 Å². The monoisotopic (exact) mass is 193 g/mol. The summed E-state index contributed by atoms with van der Waals surface area (Å²) in [5, 5.41) is 7.49. The van der Waals surface area contributed by atoms with Gasteiger partial charge >= 0.3 is 0 Å². The zero-order valence-electron chi connectivity index (χ0n) is 8.87. The molecular formula is C11H19N3. The van der Waals surface area contributed by atoms with Crippen molar-refractivity contribution in [2.75, 3.05) is 13.1 Å². The molecule has 3 nitrogen and oxygen atoms in total. The topological polar surface area (TPSA) is 29.9 Å². The van der Waals surface area contributed by atoms with E-state index in [1.54, 1.807) is 0 Å². The summed E-state index contributed by atoms with van der Waals surface area (Å²) in [5.74, 6) is 0. The molecule has 0 fully saturated rings. The van der Waals surface area contributed by atoms with Gasteiger partial charge in [-0.25, -0.2) is 0 Å². The van der Waals surface area contributed by atoms with Gasteiger partial charge in [0.2, 0.25) is 0 Å². The van der Waals surface area contributed by atoms with Gasteiger partial charge in [0.1, 0.15) is 0 Å². The van der Waals surface area contributed by atoms with Crippen LogP contribution < -0.4 is 5.32 Å². The minimum atomic E-state index is 0.940. The maximum absolute atomic E-state index is 4.14. The van der Waals surface area contributed by atoms with Crippen LogP contribution in [0, 0.1) is 0 Å². The van der Waals surface area contributed by atoms with Gasteiger partial charge in [-0.1, -0.05) is 19.1 Å². The Balaban J connectivity index is 1.97. The normalized spacial score (nSPS) is 10.4. The number of aromatic nitrogens is 2. The first-order valence-corrected chi connectivity index (χ1v) is 5.17. The predicted octanol–water partition coefficient (Wildman–Crippen LogP) is 1.83. The van der Waals surface area contributed by atoms with Gasteiger partial charge < -0.3 is 5.32 Å². The average molecular weight is 193 g/mol. The van der Waals surface area contributed by atoms with Crippen LogP contribution >= 0.6 is 0 Å². The van der Waals surface area contributed by atoms with Crippen LogP contribution in [0.5, 0.6) is 0 Å². The van der Waals surface area contributed by atoms with Crippen molar-refractivity contribution >= 4 is 0 Å². The van der Waals surface area contributed by atoms with Crippen molar-refractivity contribution in [3.05, 3.63) is 30.6 Å². The van der Waals surface area contributed by atoms with E-state index in [1.165, 1.54) is 5.57 Å². The highest BCUT2D eigenvalue weighted by Gasteiger charge is 1.92. The van der Waals surface area contributed by atoms with E-state index in [0.29, 0.717) is 0 Å². The van der Waals surface area contributed by atoms with Gasteiger partial charge in [-0.2, -0.15) is 5.10 Å². The van der Waals surface area contributed by atoms with E-state index in [0.717, 1.165) is 32.5 Å². The molecule has 14 heavy (non-hydrogen) atoms. The first kappa shape index (κ1) is 11.0. The minimum absolute atomic E-state index is 0.940. The molecule has 1 heterocycles. The number of hydrogen-bond acceptors (Lipinski definition) is 2. The minimum Gasteiger partial charge on any atom is -0.313 e. The van der Waals surface area contributed by atoms with Gasteiger partial charge in [0.15, 0.2) is 0 Å². The lowest BCUT2D eigenvalue weighted by Gasteiger charge is -2.05. The van der Waals surface area contributed by atoms with Crippen LogP contribution in [0.3, 0.4) is 0 Å². The number of aryl methyl sites for hydroxylation is 1. The van der Waals surface area contributed by atoms with Crippen LogP contribution in [0.1, 0.15) is 19.8 Å². The van der Waals surface area contributed by atoms with Crippen LogP contribution in [0.15, 0.2) is 30.6 Å². The second-order valence-electron chi connectivity index (χ2n) is 3.40. The van der Waals surface area contributed by atoms with E-state index in [2.05, 4.69) is 23.9 Å². The molecule has 0 aliphatic heterocycles. The average Bonchev–Trinajstić information content (AvgIpc) is 2.69. The summed E-state index contributed by atoms with van der Waals surface area (Å²) in [7, 11) is 0. The fraction of sp³-hybridized carbons (Fsp3) is 0.545. The quantitative estimate of drug-likeness (QED) is 0.529. The number of nitrogens with zero attached hydrogens (tertiary/aromatic N) is 2. The van der Waals surface area contributed by atoms with E-state index in [-0.39, 0.29) is 0 Å². The number of rotatable bonds is 7. The van der Waals surface area contributed by atoms with Crippen LogP contribution in [0.4, 0.5) is 0 Å². The Morgan fingerprint density at radius 1 is 1.57 bits per heavy atom. The molecule has 1 aromatic rings. The molecule has 0 saturated carbocycles. The second kappa shape index (κ2) is 6.38. The van der Waals surface area contributed by atoms with E-state index in [9.17, 15) is 0 Å². The van der Waals surface area contributed by atoms with Crippen molar-refractivity contribution in [1.29, 1.82) is 0 Å². The van der Waals surface area contributed by atoms with Crippen molar-refractivity contribution in [2.24, 2.45) is 0 Å². The third kappa shape index (κ3) is 4.23. The molecule has 1 N–H and O–H groups in total. The SMILES string of the molecule is C=C(CC)CNCCCn1cccn1. The molecule has 0 saturated heterocycles. The molecular weight excluding hydrogens is 174 g/mol. The van der Waals surface area contributed by atoms with Crippen molar-refractivity contribution in [3.63, 3.8) is 0 Å². The summed E-state index contributed by atoms with van der Waals surface area (Å²) >= 11 is 0. The van der Waals surface area contributed by atoms with Crippen LogP contribution in [-0.4, -0.2) is 22.9 Å². The molecule has 0 atom stereocenters. The molecule has 0 radical (unpaired) electrons. The van der Waals surface area contributed by atoms with Gasteiger partial charge in [0, 0.05) is 25.5 Å². The third-order valence-corrected chi connectivity index (χ3v) is 2.17. The highest BCUT2D eigenvalue weighted by Crippen LogP contribution is 1.93. The first-order chi connectivity index (χ1) is 6.83. The molecule has 0 unspecified atom stereocenters. The summed E-state index contributed by atoms with van der Waals surface area (Å²) in [6, 6.07) is 1.95. The smallest absolute Gasteiger partial charge is 0.0489 e. The Labute approximate surface area is 85.8 Å². The molecule has 78 valence electrons. The maximum Gasteiger partial charge on any atom is 0.0489 e. The van der Waals surface area contributed by atoms with Crippen molar-refractivity contribution in [2.45, 2.75) is 26.3 Å². The van der Waals surface area contributed by atoms with Crippen molar-refractivity contribution in [1.82, 2.24) is 15.1 Å². The first-order valence-electron chi connectivity index (χ1n) is 5.17. The van der Waals surface area contributed by atoms with Crippen LogP contribution in [-0.2, 0) is 6.54 Å². The summed E-state index contributed by atoms with van der Waals surface area (Å²) < 4.78 is 1.95. The summed E-state index contributed by atoms with van der Waals surface area (Å²) in [6.45, 7) is 9.02. The summed E-state index contributed by atoms with van der Waals surface area (Å²) in [4.78, 5) is 0. The van der Waals surface area contributed by atoms with E-state index < -0.39 is 0 Å².